The van der Waals surface area contributed by atoms with Crippen molar-refractivity contribution in [2.75, 3.05) is 4.90 Å². The number of alkyl halides is 3. The average molecular weight is 486 g/mol. The number of carbonyl (C=O) groups excluding carboxylic acids is 3. The zero-order valence-electron chi connectivity index (χ0n) is 18.5. The molecule has 0 aliphatic carbocycles. The number of carbonyl (C=O) groups is 4. The van der Waals surface area contributed by atoms with E-state index in [4.69, 9.17) is 9.90 Å². The van der Waals surface area contributed by atoms with Crippen LogP contribution in [0, 0.1) is 18.8 Å². The first-order valence-corrected chi connectivity index (χ1v) is 10.8. The number of carboxylic acids is 1. The van der Waals surface area contributed by atoms with Crippen molar-refractivity contribution in [1.82, 2.24) is 4.90 Å². The Balaban J connectivity index is 0.000000364. The number of fused-ring (bicyclic) bond motifs is 5. The van der Waals surface area contributed by atoms with Gasteiger partial charge in [0.05, 0.1) is 23.6 Å². The number of anilines is 1. The van der Waals surface area contributed by atoms with Gasteiger partial charge < -0.3 is 5.11 Å². The van der Waals surface area contributed by atoms with Crippen LogP contribution in [0.25, 0.3) is 0 Å². The molecule has 4 atom stereocenters. The summed E-state index contributed by atoms with van der Waals surface area (Å²) in [4.78, 5) is 51.5. The number of halogens is 3. The van der Waals surface area contributed by atoms with Gasteiger partial charge in [0, 0.05) is 12.6 Å². The fourth-order valence-electron chi connectivity index (χ4n) is 4.88. The maximum Gasteiger partial charge on any atom is 0.490 e. The number of para-hydroxylation sites is 1. The highest BCUT2D eigenvalue weighted by molar-refractivity contribution is 6.24. The molecule has 2 aromatic rings. The topological polar surface area (TPSA) is 95.0 Å². The smallest absolute Gasteiger partial charge is 0.475 e. The minimum atomic E-state index is -5.08. The Bertz CT molecular complexity index is 1210. The summed E-state index contributed by atoms with van der Waals surface area (Å²) in [5, 5.41) is 7.12. The molecule has 0 radical (unpaired) electrons. The highest BCUT2D eigenvalue weighted by Crippen LogP contribution is 2.47. The Labute approximate surface area is 198 Å². The van der Waals surface area contributed by atoms with Crippen LogP contribution in [0.1, 0.15) is 11.1 Å². The number of ketones is 1. The van der Waals surface area contributed by atoms with Crippen molar-refractivity contribution >= 4 is 29.3 Å². The maximum absolute atomic E-state index is 13.2. The zero-order chi connectivity index (χ0) is 25.5. The molecule has 4 unspecified atom stereocenters. The monoisotopic (exact) mass is 486 g/mol. The van der Waals surface area contributed by atoms with Gasteiger partial charge in [0.1, 0.15) is 0 Å². The molecule has 3 aliphatic rings. The van der Waals surface area contributed by atoms with Gasteiger partial charge in [-0.3, -0.25) is 19.3 Å². The Hall–Kier alpha value is -3.79. The number of imide groups is 1. The van der Waals surface area contributed by atoms with Gasteiger partial charge in [-0.15, -0.1) is 0 Å². The third-order valence-electron chi connectivity index (χ3n) is 6.47. The van der Waals surface area contributed by atoms with Crippen molar-refractivity contribution < 1.29 is 37.5 Å². The number of aryl methyl sites for hydroxylation is 1. The quantitative estimate of drug-likeness (QED) is 0.670. The number of nitrogens with zero attached hydrogens (tertiary/aromatic N) is 2. The lowest BCUT2D eigenvalue weighted by atomic mass is 9.90. The summed E-state index contributed by atoms with van der Waals surface area (Å²) < 4.78 is 31.7. The number of hydrogen-bond acceptors (Lipinski definition) is 5. The molecule has 5 rings (SSSR count). The number of amides is 2. The minimum Gasteiger partial charge on any atom is -0.475 e. The first-order valence-electron chi connectivity index (χ1n) is 10.8. The van der Waals surface area contributed by atoms with Crippen molar-refractivity contribution in [2.45, 2.75) is 31.7 Å². The van der Waals surface area contributed by atoms with E-state index in [1.54, 1.807) is 36.4 Å². The van der Waals surface area contributed by atoms with Gasteiger partial charge >= 0.3 is 12.1 Å². The van der Waals surface area contributed by atoms with E-state index >= 15 is 0 Å². The second-order valence-corrected chi connectivity index (χ2v) is 8.50. The zero-order valence-corrected chi connectivity index (χ0v) is 18.5. The molecule has 182 valence electrons. The summed E-state index contributed by atoms with van der Waals surface area (Å²) in [7, 11) is 0. The molecule has 2 saturated heterocycles. The fourth-order valence-corrected chi connectivity index (χ4v) is 4.88. The molecule has 0 saturated carbocycles. The molecule has 0 spiro atoms. The molecule has 0 aromatic heterocycles. The minimum absolute atomic E-state index is 0.0894. The summed E-state index contributed by atoms with van der Waals surface area (Å²) >= 11 is 0. The molecular formula is C25H21F3N2O5. The van der Waals surface area contributed by atoms with Crippen molar-refractivity contribution in [3.63, 3.8) is 0 Å². The number of hydrogen-bond donors (Lipinski definition) is 1. The molecule has 10 heteroatoms. The third-order valence-corrected chi connectivity index (χ3v) is 6.47. The highest BCUT2D eigenvalue weighted by Gasteiger charge is 2.64. The number of aliphatic carboxylic acids is 1. The number of benzene rings is 2. The van der Waals surface area contributed by atoms with E-state index in [-0.39, 0.29) is 23.6 Å². The van der Waals surface area contributed by atoms with Crippen molar-refractivity contribution in [3.05, 3.63) is 77.9 Å². The summed E-state index contributed by atoms with van der Waals surface area (Å²) in [6.07, 6.45) is -1.73. The molecule has 2 aromatic carbocycles. The lowest BCUT2D eigenvalue weighted by molar-refractivity contribution is -0.192. The lowest BCUT2D eigenvalue weighted by Crippen LogP contribution is -2.48. The average Bonchev–Trinajstić information content (AvgIpc) is 3.19. The van der Waals surface area contributed by atoms with E-state index in [1.165, 1.54) is 4.90 Å². The van der Waals surface area contributed by atoms with Crippen LogP contribution >= 0.6 is 0 Å². The van der Waals surface area contributed by atoms with Crippen LogP contribution in [0.15, 0.2) is 66.7 Å². The first-order chi connectivity index (χ1) is 16.5. The largest absolute Gasteiger partial charge is 0.490 e. The number of carboxylic acid groups (broad SMARTS) is 1. The van der Waals surface area contributed by atoms with Crippen molar-refractivity contribution in [1.29, 1.82) is 0 Å². The van der Waals surface area contributed by atoms with Crippen LogP contribution in [-0.4, -0.2) is 51.8 Å². The summed E-state index contributed by atoms with van der Waals surface area (Å²) in [5.74, 6) is -4.45. The van der Waals surface area contributed by atoms with Crippen molar-refractivity contribution in [2.24, 2.45) is 11.8 Å². The molecule has 35 heavy (non-hydrogen) atoms. The molecule has 2 bridgehead atoms. The van der Waals surface area contributed by atoms with Crippen LogP contribution in [0.2, 0.25) is 0 Å². The third kappa shape index (κ3) is 4.37. The molecule has 2 amide bonds. The fraction of sp³-hybridized carbons (Fsp3) is 0.280. The van der Waals surface area contributed by atoms with Crippen LogP contribution < -0.4 is 4.90 Å². The van der Waals surface area contributed by atoms with Gasteiger partial charge in [0.15, 0.2) is 5.78 Å². The molecular weight excluding hydrogens is 465 g/mol. The molecule has 7 nitrogen and oxygen atoms in total. The van der Waals surface area contributed by atoms with Gasteiger partial charge in [-0.1, -0.05) is 48.5 Å². The van der Waals surface area contributed by atoms with Gasteiger partial charge in [0.25, 0.3) is 0 Å². The van der Waals surface area contributed by atoms with Crippen LogP contribution in [0.5, 0.6) is 0 Å². The van der Waals surface area contributed by atoms with Crippen molar-refractivity contribution in [3.8, 4) is 0 Å². The van der Waals surface area contributed by atoms with E-state index in [2.05, 4.69) is 0 Å². The summed E-state index contributed by atoms with van der Waals surface area (Å²) in [6.45, 7) is 2.59. The SMILES string of the molecule is Cc1ccccc1CN1C2C=CC(=O)C1C1C(=O)N(c3ccccc3)C(=O)C12.O=C(O)C(F)(F)F. The summed E-state index contributed by atoms with van der Waals surface area (Å²) in [5.41, 5.74) is 2.82. The lowest BCUT2D eigenvalue weighted by Gasteiger charge is -2.33. The van der Waals surface area contributed by atoms with Gasteiger partial charge in [-0.25, -0.2) is 9.69 Å². The Morgan fingerprint density at radius 1 is 0.943 bits per heavy atom. The van der Waals surface area contributed by atoms with Crippen LogP contribution in [-0.2, 0) is 25.7 Å². The van der Waals surface area contributed by atoms with E-state index in [1.807, 2.05) is 42.2 Å². The van der Waals surface area contributed by atoms with Gasteiger partial charge in [-0.2, -0.15) is 13.2 Å². The predicted octanol–water partition coefficient (Wildman–Crippen LogP) is 3.13. The Morgan fingerprint density at radius 3 is 2.11 bits per heavy atom. The maximum atomic E-state index is 13.2. The van der Waals surface area contributed by atoms with E-state index in [0.29, 0.717) is 12.2 Å². The molecule has 3 aliphatic heterocycles. The first kappa shape index (κ1) is 24.3. The normalized spacial score (nSPS) is 25.4. The second-order valence-electron chi connectivity index (χ2n) is 8.50. The Kier molecular flexibility index (Phi) is 6.33. The van der Waals surface area contributed by atoms with Crippen LogP contribution in [0.3, 0.4) is 0 Å². The van der Waals surface area contributed by atoms with E-state index in [0.717, 1.165) is 11.1 Å². The number of rotatable bonds is 3. The molecule has 2 fully saturated rings. The van der Waals surface area contributed by atoms with E-state index in [9.17, 15) is 27.6 Å². The van der Waals surface area contributed by atoms with Crippen LogP contribution in [0.4, 0.5) is 18.9 Å². The van der Waals surface area contributed by atoms with E-state index < -0.39 is 30.0 Å². The summed E-state index contributed by atoms with van der Waals surface area (Å²) in [6, 6.07) is 16.2. The standard InChI is InChI=1S/C23H20N2O3.C2HF3O2/c1-14-7-5-6-8-15(14)13-24-17-11-12-18(26)21(24)20-19(17)22(27)25(23(20)28)16-9-3-2-4-10-16;3-2(4,5)1(6)7/h2-12,17,19-21H,13H2,1H3;(H,6,7). The Morgan fingerprint density at radius 2 is 1.51 bits per heavy atom. The van der Waals surface area contributed by atoms with Gasteiger partial charge in [-0.05, 0) is 36.3 Å². The second kappa shape index (κ2) is 9.10. The molecule has 1 N–H and O–H groups in total. The molecule has 3 heterocycles. The van der Waals surface area contributed by atoms with Gasteiger partial charge in [0.2, 0.25) is 11.8 Å². The highest BCUT2D eigenvalue weighted by atomic mass is 19.4. The predicted molar refractivity (Wildman–Crippen MR) is 118 cm³/mol.